The van der Waals surface area contributed by atoms with Gasteiger partial charge < -0.3 is 14.5 Å². The van der Waals surface area contributed by atoms with Gasteiger partial charge in [0, 0.05) is 52.9 Å². The van der Waals surface area contributed by atoms with Gasteiger partial charge in [-0.25, -0.2) is 4.98 Å². The quantitative estimate of drug-likeness (QED) is 0.495. The topological polar surface area (TPSA) is 41.5 Å². The summed E-state index contributed by atoms with van der Waals surface area (Å²) in [5.74, 6) is 1.84. The summed E-state index contributed by atoms with van der Waals surface area (Å²) in [5, 5.41) is 3.42. The molecule has 1 fully saturated rings. The summed E-state index contributed by atoms with van der Waals surface area (Å²) in [6.45, 7) is 3.77. The first-order valence-electron chi connectivity index (χ1n) is 9.74. The highest BCUT2D eigenvalue weighted by molar-refractivity contribution is 7.17. The van der Waals surface area contributed by atoms with E-state index in [1.165, 1.54) is 15.8 Å². The highest BCUT2D eigenvalue weighted by atomic mass is 32.1. The summed E-state index contributed by atoms with van der Waals surface area (Å²) in [7, 11) is 1.70. The van der Waals surface area contributed by atoms with Crippen molar-refractivity contribution in [3.05, 3.63) is 66.3 Å². The molecule has 1 aliphatic heterocycles. The maximum Gasteiger partial charge on any atom is 0.147 e. The Morgan fingerprint density at radius 1 is 0.897 bits per heavy atom. The van der Waals surface area contributed by atoms with Crippen molar-refractivity contribution in [2.24, 2.45) is 0 Å². The molecule has 1 saturated heterocycles. The minimum absolute atomic E-state index is 0.889. The molecule has 0 saturated carbocycles. The van der Waals surface area contributed by atoms with Crippen LogP contribution in [0.4, 0.5) is 11.5 Å². The van der Waals surface area contributed by atoms with Gasteiger partial charge in [0.25, 0.3) is 0 Å². The number of piperazine rings is 1. The maximum absolute atomic E-state index is 5.26. The van der Waals surface area contributed by atoms with E-state index in [4.69, 9.17) is 9.72 Å². The Morgan fingerprint density at radius 3 is 2.45 bits per heavy atom. The molecule has 5 nitrogen and oxygen atoms in total. The second kappa shape index (κ2) is 7.72. The predicted octanol–water partition coefficient (Wildman–Crippen LogP) is 4.69. The van der Waals surface area contributed by atoms with Crippen molar-refractivity contribution in [3.63, 3.8) is 0 Å². The Bertz CT molecular complexity index is 1120. The highest BCUT2D eigenvalue weighted by Gasteiger charge is 2.19. The summed E-state index contributed by atoms with van der Waals surface area (Å²) >= 11 is 1.75. The standard InChI is InChI=1S/C23H22N4OS/c1-28-18-8-6-17(7-9-18)26-10-12-27(13-11-26)23-15-24-14-21(25-23)20-16-29-22-5-3-2-4-19(20)22/h2-9,14-16H,10-13H2,1H3. The van der Waals surface area contributed by atoms with Gasteiger partial charge in [0.2, 0.25) is 0 Å². The molecule has 4 aromatic rings. The van der Waals surface area contributed by atoms with Crippen LogP contribution < -0.4 is 14.5 Å². The Labute approximate surface area is 174 Å². The monoisotopic (exact) mass is 402 g/mol. The fourth-order valence-electron chi connectivity index (χ4n) is 3.80. The number of hydrogen-bond acceptors (Lipinski definition) is 6. The molecule has 0 radical (unpaired) electrons. The van der Waals surface area contributed by atoms with Crippen LogP contribution in [-0.2, 0) is 0 Å². The number of fused-ring (bicyclic) bond motifs is 1. The molecule has 6 heteroatoms. The second-order valence-corrected chi connectivity index (χ2v) is 7.99. The summed E-state index contributed by atoms with van der Waals surface area (Å²) in [5.41, 5.74) is 3.34. The first-order chi connectivity index (χ1) is 14.3. The molecule has 29 heavy (non-hydrogen) atoms. The smallest absolute Gasteiger partial charge is 0.147 e. The molecule has 0 N–H and O–H groups in total. The molecule has 1 aliphatic rings. The maximum atomic E-state index is 5.26. The lowest BCUT2D eigenvalue weighted by Crippen LogP contribution is -2.46. The van der Waals surface area contributed by atoms with E-state index in [0.29, 0.717) is 0 Å². The van der Waals surface area contributed by atoms with E-state index < -0.39 is 0 Å². The third-order valence-corrected chi connectivity index (χ3v) is 6.38. The fraction of sp³-hybridized carbons (Fsp3) is 0.217. The van der Waals surface area contributed by atoms with Gasteiger partial charge in [0.15, 0.2) is 0 Å². The van der Waals surface area contributed by atoms with Gasteiger partial charge in [0.1, 0.15) is 11.6 Å². The molecule has 0 unspecified atom stereocenters. The molecule has 0 amide bonds. The molecule has 3 heterocycles. The first-order valence-corrected chi connectivity index (χ1v) is 10.6. The highest BCUT2D eigenvalue weighted by Crippen LogP contribution is 2.33. The second-order valence-electron chi connectivity index (χ2n) is 7.08. The van der Waals surface area contributed by atoms with Crippen molar-refractivity contribution in [3.8, 4) is 17.0 Å². The van der Waals surface area contributed by atoms with E-state index >= 15 is 0 Å². The lowest BCUT2D eigenvalue weighted by molar-refractivity contribution is 0.415. The first kappa shape index (κ1) is 17.9. The zero-order chi connectivity index (χ0) is 19.6. The van der Waals surface area contributed by atoms with E-state index in [-0.39, 0.29) is 0 Å². The van der Waals surface area contributed by atoms with Crippen LogP contribution >= 0.6 is 11.3 Å². The average molecular weight is 403 g/mol. The lowest BCUT2D eigenvalue weighted by atomic mass is 10.1. The van der Waals surface area contributed by atoms with E-state index in [1.807, 2.05) is 24.5 Å². The zero-order valence-electron chi connectivity index (χ0n) is 16.3. The molecular weight excluding hydrogens is 380 g/mol. The van der Waals surface area contributed by atoms with Crippen LogP contribution in [0.2, 0.25) is 0 Å². The summed E-state index contributed by atoms with van der Waals surface area (Å²) in [6.07, 6.45) is 3.74. The van der Waals surface area contributed by atoms with Gasteiger partial charge in [-0.3, -0.25) is 4.98 Å². The Balaban J connectivity index is 1.33. The van der Waals surface area contributed by atoms with Gasteiger partial charge in [0.05, 0.1) is 25.2 Å². The number of anilines is 2. The molecule has 0 aliphatic carbocycles. The van der Waals surface area contributed by atoms with Crippen molar-refractivity contribution in [1.29, 1.82) is 0 Å². The van der Waals surface area contributed by atoms with E-state index in [1.54, 1.807) is 18.4 Å². The molecule has 0 atom stereocenters. The van der Waals surface area contributed by atoms with Crippen molar-refractivity contribution in [2.45, 2.75) is 0 Å². The molecule has 0 spiro atoms. The van der Waals surface area contributed by atoms with Crippen molar-refractivity contribution in [2.75, 3.05) is 43.1 Å². The molecule has 2 aromatic heterocycles. The van der Waals surface area contributed by atoms with Crippen LogP contribution in [0.3, 0.4) is 0 Å². The number of aromatic nitrogens is 2. The van der Waals surface area contributed by atoms with Crippen LogP contribution in [-0.4, -0.2) is 43.3 Å². The van der Waals surface area contributed by atoms with Gasteiger partial charge in [-0.1, -0.05) is 18.2 Å². The zero-order valence-corrected chi connectivity index (χ0v) is 17.1. The summed E-state index contributed by atoms with van der Waals surface area (Å²) < 4.78 is 6.54. The number of benzene rings is 2. The third-order valence-electron chi connectivity index (χ3n) is 5.42. The Morgan fingerprint density at radius 2 is 1.66 bits per heavy atom. The van der Waals surface area contributed by atoms with Gasteiger partial charge in [-0.2, -0.15) is 0 Å². The lowest BCUT2D eigenvalue weighted by Gasteiger charge is -2.36. The number of methoxy groups -OCH3 is 1. The Kier molecular flexibility index (Phi) is 4.77. The predicted molar refractivity (Wildman–Crippen MR) is 120 cm³/mol. The molecule has 5 rings (SSSR count). The van der Waals surface area contributed by atoms with E-state index in [0.717, 1.165) is 49.0 Å². The average Bonchev–Trinajstić information content (AvgIpc) is 3.24. The van der Waals surface area contributed by atoms with Crippen molar-refractivity contribution < 1.29 is 4.74 Å². The van der Waals surface area contributed by atoms with E-state index in [2.05, 4.69) is 56.6 Å². The van der Waals surface area contributed by atoms with Crippen molar-refractivity contribution >= 4 is 32.9 Å². The largest absolute Gasteiger partial charge is 0.497 e. The SMILES string of the molecule is COc1ccc(N2CCN(c3cncc(-c4csc5ccccc45)n3)CC2)cc1. The van der Waals surface area contributed by atoms with Crippen LogP contribution in [0.5, 0.6) is 5.75 Å². The molecule has 2 aromatic carbocycles. The summed E-state index contributed by atoms with van der Waals surface area (Å²) in [6, 6.07) is 16.7. The minimum Gasteiger partial charge on any atom is -0.497 e. The van der Waals surface area contributed by atoms with Crippen LogP contribution in [0.25, 0.3) is 21.3 Å². The normalized spacial score (nSPS) is 14.4. The van der Waals surface area contributed by atoms with Crippen LogP contribution in [0.1, 0.15) is 0 Å². The molecule has 146 valence electrons. The third kappa shape index (κ3) is 3.51. The number of rotatable bonds is 4. The molecule has 0 bridgehead atoms. The minimum atomic E-state index is 0.889. The fourth-order valence-corrected chi connectivity index (χ4v) is 4.76. The number of thiophene rings is 1. The number of nitrogens with zero attached hydrogens (tertiary/aromatic N) is 4. The van der Waals surface area contributed by atoms with Crippen LogP contribution in [0, 0.1) is 0 Å². The van der Waals surface area contributed by atoms with Gasteiger partial charge >= 0.3 is 0 Å². The van der Waals surface area contributed by atoms with Gasteiger partial charge in [-0.05, 0) is 30.3 Å². The summed E-state index contributed by atoms with van der Waals surface area (Å²) in [4.78, 5) is 14.2. The molecular formula is C23H22N4OS. The van der Waals surface area contributed by atoms with Gasteiger partial charge in [-0.15, -0.1) is 11.3 Å². The Hall–Kier alpha value is -3.12. The van der Waals surface area contributed by atoms with E-state index in [9.17, 15) is 0 Å². The number of hydrogen-bond donors (Lipinski definition) is 0. The van der Waals surface area contributed by atoms with Crippen molar-refractivity contribution in [1.82, 2.24) is 9.97 Å². The number of ether oxygens (including phenoxy) is 1. The van der Waals surface area contributed by atoms with Crippen LogP contribution in [0.15, 0.2) is 66.3 Å².